The van der Waals surface area contributed by atoms with Crippen LogP contribution in [0.4, 0.5) is 4.79 Å². The highest BCUT2D eigenvalue weighted by atomic mass is 16.2. The first-order chi connectivity index (χ1) is 11.6. The zero-order valence-corrected chi connectivity index (χ0v) is 14.9. The van der Waals surface area contributed by atoms with Gasteiger partial charge in [-0.15, -0.1) is 0 Å². The third-order valence-electron chi connectivity index (χ3n) is 5.48. The van der Waals surface area contributed by atoms with E-state index < -0.39 is 0 Å². The van der Waals surface area contributed by atoms with Crippen LogP contribution >= 0.6 is 0 Å². The first kappa shape index (κ1) is 17.2. The standard InChI is InChI=1S/C19H30N4O/c1-16(17-6-4-3-5-7-17)22-12-14-23(15-13-22)19(24)20-18-8-10-21(2)11-9-18/h3-7,16,18H,8-15H2,1-2H3,(H,20,24). The number of urea groups is 1. The van der Waals surface area contributed by atoms with E-state index in [-0.39, 0.29) is 6.03 Å². The maximum Gasteiger partial charge on any atom is 0.317 e. The molecule has 2 aliphatic heterocycles. The number of piperidine rings is 1. The molecule has 2 saturated heterocycles. The predicted molar refractivity (Wildman–Crippen MR) is 97.1 cm³/mol. The van der Waals surface area contributed by atoms with Gasteiger partial charge in [0.1, 0.15) is 0 Å². The van der Waals surface area contributed by atoms with Crippen molar-refractivity contribution in [3.8, 4) is 0 Å². The number of hydrogen-bond donors (Lipinski definition) is 1. The van der Waals surface area contributed by atoms with Crippen molar-refractivity contribution < 1.29 is 4.79 Å². The zero-order chi connectivity index (χ0) is 16.9. The van der Waals surface area contributed by atoms with Crippen LogP contribution in [0.15, 0.2) is 30.3 Å². The summed E-state index contributed by atoms with van der Waals surface area (Å²) >= 11 is 0. The van der Waals surface area contributed by atoms with Crippen LogP contribution in [0.25, 0.3) is 0 Å². The van der Waals surface area contributed by atoms with Crippen LogP contribution in [0.2, 0.25) is 0 Å². The van der Waals surface area contributed by atoms with Crippen molar-refractivity contribution in [3.63, 3.8) is 0 Å². The molecule has 24 heavy (non-hydrogen) atoms. The number of benzene rings is 1. The fourth-order valence-electron chi connectivity index (χ4n) is 3.67. The molecular weight excluding hydrogens is 300 g/mol. The Balaban J connectivity index is 1.45. The lowest BCUT2D eigenvalue weighted by atomic mass is 10.1. The van der Waals surface area contributed by atoms with Crippen LogP contribution in [-0.4, -0.2) is 73.1 Å². The molecule has 2 aliphatic rings. The monoisotopic (exact) mass is 330 g/mol. The molecule has 2 heterocycles. The number of nitrogens with one attached hydrogen (secondary N) is 1. The molecule has 0 bridgehead atoms. The summed E-state index contributed by atoms with van der Waals surface area (Å²) in [6.07, 6.45) is 2.13. The molecule has 1 N–H and O–H groups in total. The van der Waals surface area contributed by atoms with Crippen molar-refractivity contribution in [2.75, 3.05) is 46.3 Å². The van der Waals surface area contributed by atoms with Crippen molar-refractivity contribution in [1.29, 1.82) is 0 Å². The van der Waals surface area contributed by atoms with E-state index in [0.717, 1.165) is 52.1 Å². The zero-order valence-electron chi connectivity index (χ0n) is 14.9. The number of hydrogen-bond acceptors (Lipinski definition) is 3. The van der Waals surface area contributed by atoms with E-state index in [4.69, 9.17) is 0 Å². The second-order valence-electron chi connectivity index (χ2n) is 7.14. The molecule has 2 fully saturated rings. The fourth-order valence-corrected chi connectivity index (χ4v) is 3.67. The Bertz CT molecular complexity index is 519. The third-order valence-corrected chi connectivity index (χ3v) is 5.48. The molecule has 5 nitrogen and oxygen atoms in total. The van der Waals surface area contributed by atoms with Gasteiger partial charge >= 0.3 is 6.03 Å². The third kappa shape index (κ3) is 4.28. The van der Waals surface area contributed by atoms with Crippen molar-refractivity contribution in [2.45, 2.75) is 31.8 Å². The van der Waals surface area contributed by atoms with Gasteiger partial charge in [-0.05, 0) is 45.5 Å². The van der Waals surface area contributed by atoms with E-state index in [2.05, 4.69) is 59.4 Å². The topological polar surface area (TPSA) is 38.8 Å². The quantitative estimate of drug-likeness (QED) is 0.923. The molecule has 1 atom stereocenters. The van der Waals surface area contributed by atoms with Crippen molar-refractivity contribution in [1.82, 2.24) is 20.0 Å². The van der Waals surface area contributed by atoms with Crippen molar-refractivity contribution >= 4 is 6.03 Å². The van der Waals surface area contributed by atoms with Gasteiger partial charge in [-0.1, -0.05) is 30.3 Å². The van der Waals surface area contributed by atoms with E-state index in [1.165, 1.54) is 5.56 Å². The molecule has 1 unspecified atom stereocenters. The summed E-state index contributed by atoms with van der Waals surface area (Å²) in [6.45, 7) is 7.92. The average Bonchev–Trinajstić information content (AvgIpc) is 2.64. The molecule has 2 amide bonds. The van der Waals surface area contributed by atoms with Crippen LogP contribution in [0.1, 0.15) is 31.4 Å². The lowest BCUT2D eigenvalue weighted by molar-refractivity contribution is 0.110. The van der Waals surface area contributed by atoms with Gasteiger partial charge in [-0.2, -0.15) is 0 Å². The Hall–Kier alpha value is -1.59. The molecule has 0 aromatic heterocycles. The number of likely N-dealkylation sites (tertiary alicyclic amines) is 1. The molecule has 1 aromatic rings. The highest BCUT2D eigenvalue weighted by Gasteiger charge is 2.26. The smallest absolute Gasteiger partial charge is 0.317 e. The fraction of sp³-hybridized carbons (Fsp3) is 0.632. The first-order valence-electron chi connectivity index (χ1n) is 9.16. The Morgan fingerprint density at radius 1 is 1.04 bits per heavy atom. The minimum atomic E-state index is 0.122. The second-order valence-corrected chi connectivity index (χ2v) is 7.14. The molecule has 0 radical (unpaired) electrons. The summed E-state index contributed by atoms with van der Waals surface area (Å²) < 4.78 is 0. The largest absolute Gasteiger partial charge is 0.335 e. The van der Waals surface area contributed by atoms with Gasteiger partial charge < -0.3 is 15.1 Å². The van der Waals surface area contributed by atoms with Crippen LogP contribution in [0, 0.1) is 0 Å². The van der Waals surface area contributed by atoms with Crippen molar-refractivity contribution in [3.05, 3.63) is 35.9 Å². The number of carbonyl (C=O) groups is 1. The van der Waals surface area contributed by atoms with Gasteiger partial charge in [0, 0.05) is 38.3 Å². The van der Waals surface area contributed by atoms with E-state index in [9.17, 15) is 4.79 Å². The highest BCUT2D eigenvalue weighted by Crippen LogP contribution is 2.21. The molecule has 0 aliphatic carbocycles. The van der Waals surface area contributed by atoms with Gasteiger partial charge in [0.05, 0.1) is 0 Å². The molecule has 1 aromatic carbocycles. The Labute approximate surface area is 145 Å². The van der Waals surface area contributed by atoms with Crippen LogP contribution < -0.4 is 5.32 Å². The maximum atomic E-state index is 12.5. The van der Waals surface area contributed by atoms with E-state index in [1.807, 2.05) is 4.90 Å². The summed E-state index contributed by atoms with van der Waals surface area (Å²) in [4.78, 5) is 19.2. The number of nitrogens with zero attached hydrogens (tertiary/aromatic N) is 3. The Morgan fingerprint density at radius 2 is 1.67 bits per heavy atom. The van der Waals surface area contributed by atoms with Crippen LogP contribution in [0.5, 0.6) is 0 Å². The Kier molecular flexibility index (Phi) is 5.74. The van der Waals surface area contributed by atoms with Gasteiger partial charge in [0.15, 0.2) is 0 Å². The normalized spacial score (nSPS) is 22.3. The maximum absolute atomic E-state index is 12.5. The van der Waals surface area contributed by atoms with E-state index in [0.29, 0.717) is 12.1 Å². The minimum absolute atomic E-state index is 0.122. The number of rotatable bonds is 3. The van der Waals surface area contributed by atoms with E-state index in [1.54, 1.807) is 0 Å². The lowest BCUT2D eigenvalue weighted by Crippen LogP contribution is -2.54. The summed E-state index contributed by atoms with van der Waals surface area (Å²) in [7, 11) is 2.14. The molecule has 0 spiro atoms. The molecule has 5 heteroatoms. The summed E-state index contributed by atoms with van der Waals surface area (Å²) in [5, 5.41) is 3.23. The first-order valence-corrected chi connectivity index (χ1v) is 9.16. The van der Waals surface area contributed by atoms with Gasteiger partial charge in [-0.3, -0.25) is 4.90 Å². The van der Waals surface area contributed by atoms with Gasteiger partial charge in [-0.25, -0.2) is 4.79 Å². The summed E-state index contributed by atoms with van der Waals surface area (Å²) in [6, 6.07) is 11.5. The van der Waals surface area contributed by atoms with Gasteiger partial charge in [0.25, 0.3) is 0 Å². The molecule has 3 rings (SSSR count). The minimum Gasteiger partial charge on any atom is -0.335 e. The molecule has 132 valence electrons. The van der Waals surface area contributed by atoms with Crippen LogP contribution in [-0.2, 0) is 0 Å². The SMILES string of the molecule is CC(c1ccccc1)N1CCN(C(=O)NC2CCN(C)CC2)CC1. The number of piperazine rings is 1. The van der Waals surface area contributed by atoms with E-state index >= 15 is 0 Å². The summed E-state index contributed by atoms with van der Waals surface area (Å²) in [5.41, 5.74) is 1.35. The van der Waals surface area contributed by atoms with Crippen molar-refractivity contribution in [2.24, 2.45) is 0 Å². The second kappa shape index (κ2) is 7.99. The summed E-state index contributed by atoms with van der Waals surface area (Å²) in [5.74, 6) is 0. The van der Waals surface area contributed by atoms with Gasteiger partial charge in [0.2, 0.25) is 0 Å². The average molecular weight is 330 g/mol. The Morgan fingerprint density at radius 3 is 2.29 bits per heavy atom. The number of carbonyl (C=O) groups excluding carboxylic acids is 1. The predicted octanol–water partition coefficient (Wildman–Crippen LogP) is 2.17. The highest BCUT2D eigenvalue weighted by molar-refractivity contribution is 5.74. The molecular formula is C19H30N4O. The van der Waals surface area contributed by atoms with Crippen LogP contribution in [0.3, 0.4) is 0 Å². The molecule has 0 saturated carbocycles. The number of amides is 2. The lowest BCUT2D eigenvalue weighted by Gasteiger charge is -2.39.